The van der Waals surface area contributed by atoms with E-state index in [9.17, 15) is 0 Å². The minimum Gasteiger partial charge on any atom is -0.330 e. The van der Waals surface area contributed by atoms with Crippen LogP contribution in [0.4, 0.5) is 0 Å². The normalized spacial score (nSPS) is 8.83. The van der Waals surface area contributed by atoms with E-state index < -0.39 is 0 Å². The number of nitrogens with zero attached hydrogens (tertiary/aromatic N) is 2. The summed E-state index contributed by atoms with van der Waals surface area (Å²) in [5.74, 6) is 5.66. The van der Waals surface area contributed by atoms with Gasteiger partial charge < -0.3 is 5.73 Å². The predicted molar refractivity (Wildman–Crippen MR) is 47.6 cm³/mol. The molecule has 1 rings (SSSR count). The number of hydrogen-bond donors (Lipinski definition) is 1. The predicted octanol–water partition coefficient (Wildman–Crippen LogP) is 0.830. The second-order valence-electron chi connectivity index (χ2n) is 2.08. The Bertz CT molecular complexity index is 296. The van der Waals surface area contributed by atoms with Crippen LogP contribution < -0.4 is 5.73 Å². The second-order valence-corrected chi connectivity index (χ2v) is 2.47. The number of rotatable bonds is 1. The zero-order valence-corrected chi connectivity index (χ0v) is 7.17. The summed E-state index contributed by atoms with van der Waals surface area (Å²) < 4.78 is 0. The molecular weight excluding hydrogens is 174 g/mol. The topological polar surface area (TPSA) is 51.8 Å². The summed E-state index contributed by atoms with van der Waals surface area (Å²) in [4.78, 5) is 0. The van der Waals surface area contributed by atoms with Gasteiger partial charge in [0.1, 0.15) is 5.69 Å². The monoisotopic (exact) mass is 181 g/mol. The van der Waals surface area contributed by atoms with Crippen LogP contribution >= 0.6 is 11.6 Å². The minimum absolute atomic E-state index is 0.374. The Hall–Kier alpha value is -1.11. The van der Waals surface area contributed by atoms with E-state index in [0.717, 1.165) is 0 Å². The Morgan fingerprint density at radius 2 is 2.25 bits per heavy atom. The molecule has 0 spiro atoms. The Morgan fingerprint density at radius 3 is 2.83 bits per heavy atom. The molecule has 62 valence electrons. The van der Waals surface area contributed by atoms with E-state index in [1.165, 1.54) is 0 Å². The van der Waals surface area contributed by atoms with Crippen molar-refractivity contribution in [3.05, 3.63) is 23.0 Å². The van der Waals surface area contributed by atoms with Gasteiger partial charge in [-0.15, -0.1) is 10.2 Å². The zero-order valence-electron chi connectivity index (χ0n) is 6.42. The van der Waals surface area contributed by atoms with Gasteiger partial charge >= 0.3 is 0 Å². The van der Waals surface area contributed by atoms with Gasteiger partial charge in [-0.25, -0.2) is 0 Å². The quantitative estimate of drug-likeness (QED) is 0.653. The van der Waals surface area contributed by atoms with Crippen molar-refractivity contribution >= 4 is 11.6 Å². The molecule has 0 aliphatic carbocycles. The Kier molecular flexibility index (Phi) is 3.52. The fourth-order valence-electron chi connectivity index (χ4n) is 0.608. The van der Waals surface area contributed by atoms with Crippen LogP contribution in [-0.2, 0) is 0 Å². The Labute approximate surface area is 75.9 Å². The summed E-state index contributed by atoms with van der Waals surface area (Å²) >= 11 is 5.53. The fraction of sp³-hybridized carbons (Fsp3) is 0.250. The summed E-state index contributed by atoms with van der Waals surface area (Å²) in [6.45, 7) is 0.564. The minimum atomic E-state index is 0.374. The lowest BCUT2D eigenvalue weighted by atomic mass is 10.3. The van der Waals surface area contributed by atoms with Crippen molar-refractivity contribution in [3.63, 3.8) is 0 Å². The molecule has 1 heterocycles. The van der Waals surface area contributed by atoms with Gasteiger partial charge in [0, 0.05) is 13.0 Å². The van der Waals surface area contributed by atoms with Crippen LogP contribution in [0, 0.1) is 11.8 Å². The van der Waals surface area contributed by atoms with Crippen LogP contribution in [-0.4, -0.2) is 16.7 Å². The SMILES string of the molecule is NCCC#Cc1ccc(Cl)nn1. The van der Waals surface area contributed by atoms with Crippen molar-refractivity contribution in [2.75, 3.05) is 6.54 Å². The molecule has 4 heteroatoms. The van der Waals surface area contributed by atoms with Gasteiger partial charge in [-0.05, 0) is 18.1 Å². The molecule has 0 bridgehead atoms. The average Bonchev–Trinajstić information content (AvgIpc) is 2.09. The van der Waals surface area contributed by atoms with Crippen LogP contribution in [0.25, 0.3) is 0 Å². The highest BCUT2D eigenvalue weighted by Gasteiger charge is 1.89. The van der Waals surface area contributed by atoms with E-state index in [4.69, 9.17) is 17.3 Å². The van der Waals surface area contributed by atoms with Gasteiger partial charge in [0.25, 0.3) is 0 Å². The van der Waals surface area contributed by atoms with Crippen LogP contribution in [0.15, 0.2) is 12.1 Å². The van der Waals surface area contributed by atoms with Crippen LogP contribution in [0.3, 0.4) is 0 Å². The van der Waals surface area contributed by atoms with Gasteiger partial charge in [0.15, 0.2) is 5.15 Å². The Morgan fingerprint density at radius 1 is 1.42 bits per heavy atom. The summed E-state index contributed by atoms with van der Waals surface area (Å²) in [5, 5.41) is 7.77. The van der Waals surface area contributed by atoms with Gasteiger partial charge in [0.2, 0.25) is 0 Å². The number of aromatic nitrogens is 2. The molecule has 0 unspecified atom stereocenters. The molecule has 2 N–H and O–H groups in total. The molecule has 0 saturated heterocycles. The highest BCUT2D eigenvalue weighted by molar-refractivity contribution is 6.29. The van der Waals surface area contributed by atoms with Gasteiger partial charge in [0.05, 0.1) is 0 Å². The van der Waals surface area contributed by atoms with E-state index in [0.29, 0.717) is 23.8 Å². The zero-order chi connectivity index (χ0) is 8.81. The number of halogens is 1. The van der Waals surface area contributed by atoms with E-state index >= 15 is 0 Å². The third-order valence-electron chi connectivity index (χ3n) is 1.12. The first-order chi connectivity index (χ1) is 5.83. The van der Waals surface area contributed by atoms with Crippen LogP contribution in [0.1, 0.15) is 12.1 Å². The molecule has 1 aromatic rings. The molecular formula is C8H8ClN3. The first-order valence-electron chi connectivity index (χ1n) is 3.51. The standard InChI is InChI=1S/C8H8ClN3/c9-8-5-4-7(11-12-8)3-1-2-6-10/h4-5H,2,6,10H2. The third-order valence-corrected chi connectivity index (χ3v) is 1.32. The largest absolute Gasteiger partial charge is 0.330 e. The maximum atomic E-state index is 5.53. The van der Waals surface area contributed by atoms with E-state index in [1.807, 2.05) is 0 Å². The van der Waals surface area contributed by atoms with E-state index in [1.54, 1.807) is 12.1 Å². The molecule has 0 aromatic carbocycles. The van der Waals surface area contributed by atoms with Gasteiger partial charge in [-0.1, -0.05) is 17.5 Å². The highest BCUT2D eigenvalue weighted by atomic mass is 35.5. The lowest BCUT2D eigenvalue weighted by Crippen LogP contribution is -1.95. The molecule has 0 saturated carbocycles. The molecule has 1 aromatic heterocycles. The third kappa shape index (κ3) is 2.87. The molecule has 0 fully saturated rings. The van der Waals surface area contributed by atoms with Gasteiger partial charge in [-0.2, -0.15) is 0 Å². The molecule has 0 amide bonds. The second kappa shape index (κ2) is 4.70. The van der Waals surface area contributed by atoms with Crippen molar-refractivity contribution in [1.29, 1.82) is 0 Å². The molecule has 0 aliphatic rings. The molecule has 12 heavy (non-hydrogen) atoms. The molecule has 3 nitrogen and oxygen atoms in total. The smallest absolute Gasteiger partial charge is 0.151 e. The lowest BCUT2D eigenvalue weighted by molar-refractivity contribution is 1.01. The number of hydrogen-bond acceptors (Lipinski definition) is 3. The van der Waals surface area contributed by atoms with Gasteiger partial charge in [-0.3, -0.25) is 0 Å². The van der Waals surface area contributed by atoms with Crippen molar-refractivity contribution < 1.29 is 0 Å². The lowest BCUT2D eigenvalue weighted by Gasteiger charge is -1.87. The first kappa shape index (κ1) is 8.98. The van der Waals surface area contributed by atoms with Crippen molar-refractivity contribution in [2.24, 2.45) is 5.73 Å². The Balaban J connectivity index is 2.66. The molecule has 0 atom stereocenters. The van der Waals surface area contributed by atoms with E-state index in [-0.39, 0.29) is 0 Å². The van der Waals surface area contributed by atoms with Crippen molar-refractivity contribution in [2.45, 2.75) is 6.42 Å². The number of nitrogens with two attached hydrogens (primary N) is 1. The summed E-state index contributed by atoms with van der Waals surface area (Å²) in [6.07, 6.45) is 0.671. The molecule has 0 aliphatic heterocycles. The van der Waals surface area contributed by atoms with Crippen molar-refractivity contribution in [3.8, 4) is 11.8 Å². The summed E-state index contributed by atoms with van der Waals surface area (Å²) in [6, 6.07) is 3.37. The maximum absolute atomic E-state index is 5.53. The summed E-state index contributed by atoms with van der Waals surface area (Å²) in [7, 11) is 0. The fourth-order valence-corrected chi connectivity index (χ4v) is 0.709. The van der Waals surface area contributed by atoms with Crippen molar-refractivity contribution in [1.82, 2.24) is 10.2 Å². The highest BCUT2D eigenvalue weighted by Crippen LogP contribution is 2.00. The summed E-state index contributed by atoms with van der Waals surface area (Å²) in [5.41, 5.74) is 5.88. The van der Waals surface area contributed by atoms with Crippen LogP contribution in [0.5, 0.6) is 0 Å². The molecule has 0 radical (unpaired) electrons. The first-order valence-corrected chi connectivity index (χ1v) is 3.89. The van der Waals surface area contributed by atoms with E-state index in [2.05, 4.69) is 22.0 Å². The van der Waals surface area contributed by atoms with Crippen LogP contribution in [0.2, 0.25) is 5.15 Å². The maximum Gasteiger partial charge on any atom is 0.151 e. The average molecular weight is 182 g/mol.